The summed E-state index contributed by atoms with van der Waals surface area (Å²) in [5, 5.41) is 7.78. The van der Waals surface area contributed by atoms with E-state index in [9.17, 15) is 0 Å². The minimum atomic E-state index is 0.649. The fraction of sp³-hybridized carbons (Fsp3) is 0.385. The lowest BCUT2D eigenvalue weighted by Crippen LogP contribution is -2.08. The van der Waals surface area contributed by atoms with Crippen molar-refractivity contribution in [3.05, 3.63) is 46.6 Å². The smallest absolute Gasteiger partial charge is 0.226 e. The minimum absolute atomic E-state index is 0.649. The van der Waals surface area contributed by atoms with Crippen LogP contribution in [0, 0.1) is 0 Å². The maximum atomic E-state index is 5.93. The van der Waals surface area contributed by atoms with Crippen LogP contribution in [0.25, 0.3) is 0 Å². The molecule has 4 nitrogen and oxygen atoms in total. The van der Waals surface area contributed by atoms with Crippen molar-refractivity contribution in [1.29, 1.82) is 0 Å². The van der Waals surface area contributed by atoms with E-state index in [0.717, 1.165) is 30.0 Å². The molecular formula is C13H16ClN3O. The Kier molecular flexibility index (Phi) is 4.73. The van der Waals surface area contributed by atoms with Crippen molar-refractivity contribution in [2.24, 2.45) is 0 Å². The van der Waals surface area contributed by atoms with Crippen LogP contribution >= 0.6 is 11.6 Å². The lowest BCUT2D eigenvalue weighted by molar-refractivity contribution is 0.370. The Balaban J connectivity index is 1.94. The van der Waals surface area contributed by atoms with E-state index in [-0.39, 0.29) is 0 Å². The fourth-order valence-corrected chi connectivity index (χ4v) is 1.92. The Morgan fingerprint density at radius 3 is 3.06 bits per heavy atom. The highest BCUT2D eigenvalue weighted by molar-refractivity contribution is 6.30. The van der Waals surface area contributed by atoms with E-state index < -0.39 is 0 Å². The van der Waals surface area contributed by atoms with Gasteiger partial charge in [0.05, 0.1) is 0 Å². The molecule has 1 heterocycles. The summed E-state index contributed by atoms with van der Waals surface area (Å²) in [4.78, 5) is 4.36. The molecule has 5 heteroatoms. The van der Waals surface area contributed by atoms with Crippen LogP contribution in [0.4, 0.5) is 0 Å². The molecule has 1 aromatic heterocycles. The molecule has 2 rings (SSSR count). The van der Waals surface area contributed by atoms with Crippen LogP contribution in [0.3, 0.4) is 0 Å². The molecule has 0 aliphatic carbocycles. The van der Waals surface area contributed by atoms with E-state index in [4.69, 9.17) is 16.1 Å². The van der Waals surface area contributed by atoms with Gasteiger partial charge in [-0.3, -0.25) is 0 Å². The Labute approximate surface area is 111 Å². The molecule has 0 bridgehead atoms. The Hall–Kier alpha value is -1.39. The standard InChI is InChI=1S/C13H16ClN3O/c1-15-7-3-6-13-16-12(17-18-13)9-10-4-2-5-11(14)8-10/h2,4-5,8,15H,3,6-7,9H2,1H3. The first-order valence-corrected chi connectivity index (χ1v) is 6.36. The molecule has 0 amide bonds. The third-order valence-corrected chi connectivity index (χ3v) is 2.81. The van der Waals surface area contributed by atoms with Crippen molar-refractivity contribution in [2.45, 2.75) is 19.3 Å². The zero-order chi connectivity index (χ0) is 12.8. The van der Waals surface area contributed by atoms with Crippen LogP contribution in [0.15, 0.2) is 28.8 Å². The van der Waals surface area contributed by atoms with E-state index in [1.165, 1.54) is 0 Å². The summed E-state index contributed by atoms with van der Waals surface area (Å²) in [6, 6.07) is 7.69. The molecule has 0 saturated carbocycles. The number of rotatable bonds is 6. The van der Waals surface area contributed by atoms with Gasteiger partial charge in [-0.05, 0) is 37.7 Å². The molecule has 1 N–H and O–H groups in total. The quantitative estimate of drug-likeness (QED) is 0.816. The number of benzene rings is 1. The summed E-state index contributed by atoms with van der Waals surface area (Å²) in [7, 11) is 1.93. The molecule has 0 aliphatic heterocycles. The highest BCUT2D eigenvalue weighted by Crippen LogP contribution is 2.13. The van der Waals surface area contributed by atoms with Crippen LogP contribution in [0.5, 0.6) is 0 Å². The van der Waals surface area contributed by atoms with E-state index in [1.807, 2.05) is 31.3 Å². The van der Waals surface area contributed by atoms with Gasteiger partial charge in [-0.15, -0.1) is 0 Å². The van der Waals surface area contributed by atoms with Gasteiger partial charge in [0, 0.05) is 17.9 Å². The average molecular weight is 266 g/mol. The van der Waals surface area contributed by atoms with Crippen LogP contribution in [0.2, 0.25) is 5.02 Å². The number of aromatic nitrogens is 2. The first-order chi connectivity index (χ1) is 8.78. The Morgan fingerprint density at radius 2 is 2.28 bits per heavy atom. The van der Waals surface area contributed by atoms with Crippen LogP contribution in [-0.4, -0.2) is 23.7 Å². The van der Waals surface area contributed by atoms with Crippen molar-refractivity contribution in [3.63, 3.8) is 0 Å². The maximum absolute atomic E-state index is 5.93. The average Bonchev–Trinajstić information content (AvgIpc) is 2.77. The van der Waals surface area contributed by atoms with E-state index >= 15 is 0 Å². The first-order valence-electron chi connectivity index (χ1n) is 5.98. The van der Waals surface area contributed by atoms with Gasteiger partial charge in [-0.25, -0.2) is 0 Å². The van der Waals surface area contributed by atoms with Crippen LogP contribution < -0.4 is 5.32 Å². The molecule has 2 aromatic rings. The normalized spacial score (nSPS) is 10.8. The van der Waals surface area contributed by atoms with Crippen LogP contribution in [0.1, 0.15) is 23.7 Å². The Bertz CT molecular complexity index is 498. The summed E-state index contributed by atoms with van der Waals surface area (Å²) in [5.74, 6) is 1.40. The SMILES string of the molecule is CNCCCc1nc(Cc2cccc(Cl)c2)no1. The summed E-state index contributed by atoms with van der Waals surface area (Å²) >= 11 is 5.93. The maximum Gasteiger partial charge on any atom is 0.226 e. The first kappa shape index (κ1) is 13.1. The molecule has 0 saturated heterocycles. The lowest BCUT2D eigenvalue weighted by atomic mass is 10.1. The molecule has 18 heavy (non-hydrogen) atoms. The van der Waals surface area contributed by atoms with Gasteiger partial charge in [0.1, 0.15) is 0 Å². The molecule has 0 aliphatic rings. The van der Waals surface area contributed by atoms with E-state index in [1.54, 1.807) is 0 Å². The van der Waals surface area contributed by atoms with Gasteiger partial charge < -0.3 is 9.84 Å². The molecule has 96 valence electrons. The van der Waals surface area contributed by atoms with Crippen molar-refractivity contribution < 1.29 is 4.52 Å². The van der Waals surface area contributed by atoms with Crippen molar-refractivity contribution in [3.8, 4) is 0 Å². The third kappa shape index (κ3) is 3.82. The second-order valence-corrected chi connectivity index (χ2v) is 4.55. The van der Waals surface area contributed by atoms with Crippen LogP contribution in [-0.2, 0) is 12.8 Å². The number of nitrogens with one attached hydrogen (secondary N) is 1. The molecule has 0 atom stereocenters. The van der Waals surface area contributed by atoms with Gasteiger partial charge in [-0.1, -0.05) is 28.9 Å². The molecule has 0 spiro atoms. The fourth-order valence-electron chi connectivity index (χ4n) is 1.71. The van der Waals surface area contributed by atoms with Crippen molar-refractivity contribution >= 4 is 11.6 Å². The topological polar surface area (TPSA) is 51.0 Å². The predicted octanol–water partition coefficient (Wildman–Crippen LogP) is 2.47. The van der Waals surface area contributed by atoms with Crippen molar-refractivity contribution in [1.82, 2.24) is 15.5 Å². The molecule has 0 unspecified atom stereocenters. The summed E-state index contributed by atoms with van der Waals surface area (Å²) in [6.45, 7) is 0.950. The second-order valence-electron chi connectivity index (χ2n) is 4.12. The molecule has 0 fully saturated rings. The number of halogens is 1. The van der Waals surface area contributed by atoms with Gasteiger partial charge in [0.25, 0.3) is 0 Å². The van der Waals surface area contributed by atoms with E-state index in [2.05, 4.69) is 15.5 Å². The predicted molar refractivity (Wildman–Crippen MR) is 70.8 cm³/mol. The summed E-state index contributed by atoms with van der Waals surface area (Å²) in [6.07, 6.45) is 2.45. The lowest BCUT2D eigenvalue weighted by Gasteiger charge is -1.96. The molecular weight excluding hydrogens is 250 g/mol. The Morgan fingerprint density at radius 1 is 1.39 bits per heavy atom. The summed E-state index contributed by atoms with van der Waals surface area (Å²) in [5.41, 5.74) is 1.09. The van der Waals surface area contributed by atoms with Gasteiger partial charge in [-0.2, -0.15) is 4.98 Å². The highest BCUT2D eigenvalue weighted by atomic mass is 35.5. The number of hydrogen-bond donors (Lipinski definition) is 1. The second kappa shape index (κ2) is 6.52. The van der Waals surface area contributed by atoms with Gasteiger partial charge in [0.2, 0.25) is 5.89 Å². The highest BCUT2D eigenvalue weighted by Gasteiger charge is 2.07. The zero-order valence-electron chi connectivity index (χ0n) is 10.3. The zero-order valence-corrected chi connectivity index (χ0v) is 11.1. The van der Waals surface area contributed by atoms with Crippen molar-refractivity contribution in [2.75, 3.05) is 13.6 Å². The number of hydrogen-bond acceptors (Lipinski definition) is 4. The minimum Gasteiger partial charge on any atom is -0.339 e. The monoisotopic (exact) mass is 265 g/mol. The number of aryl methyl sites for hydroxylation is 1. The van der Waals surface area contributed by atoms with Gasteiger partial charge in [0.15, 0.2) is 5.82 Å². The van der Waals surface area contributed by atoms with Gasteiger partial charge >= 0.3 is 0 Å². The molecule has 0 radical (unpaired) electrons. The van der Waals surface area contributed by atoms with E-state index in [0.29, 0.717) is 18.1 Å². The number of nitrogens with zero attached hydrogens (tertiary/aromatic N) is 2. The molecule has 1 aromatic carbocycles. The summed E-state index contributed by atoms with van der Waals surface area (Å²) < 4.78 is 5.19. The largest absolute Gasteiger partial charge is 0.339 e. The third-order valence-electron chi connectivity index (χ3n) is 2.58.